The zero-order valence-electron chi connectivity index (χ0n) is 10.2. The van der Waals surface area contributed by atoms with Crippen molar-refractivity contribution in [1.82, 2.24) is 0 Å². The zero-order valence-corrected chi connectivity index (χ0v) is 11.0. The Bertz CT molecular complexity index is 606. The SMILES string of the molecule is NC(=O)c1ccc(CS(=O)c2ccc(N)cc2)cc1. The van der Waals surface area contributed by atoms with E-state index in [9.17, 15) is 9.00 Å². The van der Waals surface area contributed by atoms with Gasteiger partial charge in [0.2, 0.25) is 5.91 Å². The molecule has 2 aromatic rings. The summed E-state index contributed by atoms with van der Waals surface area (Å²) in [6.45, 7) is 0. The molecular weight excluding hydrogens is 260 g/mol. The number of anilines is 1. The molecule has 2 aromatic carbocycles. The second-order valence-corrected chi connectivity index (χ2v) is 5.57. The Morgan fingerprint density at radius 3 is 2.11 bits per heavy atom. The van der Waals surface area contributed by atoms with Gasteiger partial charge in [-0.1, -0.05) is 12.1 Å². The zero-order chi connectivity index (χ0) is 13.8. The van der Waals surface area contributed by atoms with Crippen molar-refractivity contribution in [2.24, 2.45) is 5.73 Å². The van der Waals surface area contributed by atoms with Gasteiger partial charge in [-0.2, -0.15) is 0 Å². The molecule has 98 valence electrons. The van der Waals surface area contributed by atoms with Crippen molar-refractivity contribution in [3.05, 3.63) is 59.7 Å². The maximum absolute atomic E-state index is 12.1. The predicted octanol–water partition coefficient (Wildman–Crippen LogP) is 1.68. The standard InChI is InChI=1S/C14H14N2O2S/c15-12-5-7-13(8-6-12)19(18)9-10-1-3-11(4-2-10)14(16)17/h1-8H,9,15H2,(H2,16,17). The Kier molecular flexibility index (Phi) is 3.97. The summed E-state index contributed by atoms with van der Waals surface area (Å²) in [5.41, 5.74) is 12.7. The highest BCUT2D eigenvalue weighted by Crippen LogP contribution is 2.14. The van der Waals surface area contributed by atoms with Gasteiger partial charge in [0.1, 0.15) is 0 Å². The van der Waals surface area contributed by atoms with Crippen LogP contribution in [0.15, 0.2) is 53.4 Å². The van der Waals surface area contributed by atoms with E-state index in [0.717, 1.165) is 10.5 Å². The molecule has 0 radical (unpaired) electrons. The van der Waals surface area contributed by atoms with Gasteiger partial charge < -0.3 is 11.5 Å². The third kappa shape index (κ3) is 3.42. The van der Waals surface area contributed by atoms with E-state index in [2.05, 4.69) is 0 Å². The Morgan fingerprint density at radius 2 is 1.58 bits per heavy atom. The number of benzene rings is 2. The Hall–Kier alpha value is -2.14. The monoisotopic (exact) mass is 274 g/mol. The summed E-state index contributed by atoms with van der Waals surface area (Å²) in [5.74, 6) is -0.0746. The lowest BCUT2D eigenvalue weighted by Gasteiger charge is -2.04. The molecule has 0 aromatic heterocycles. The maximum Gasteiger partial charge on any atom is 0.248 e. The van der Waals surface area contributed by atoms with Crippen molar-refractivity contribution >= 4 is 22.4 Å². The molecule has 1 atom stereocenters. The average Bonchev–Trinajstić information content (AvgIpc) is 2.40. The number of amides is 1. The molecular formula is C14H14N2O2S. The van der Waals surface area contributed by atoms with Gasteiger partial charge in [0.05, 0.1) is 16.6 Å². The van der Waals surface area contributed by atoms with Crippen LogP contribution in [0.2, 0.25) is 0 Å². The molecule has 4 N–H and O–H groups in total. The largest absolute Gasteiger partial charge is 0.399 e. The molecule has 0 aliphatic rings. The number of nitrogens with two attached hydrogens (primary N) is 2. The first-order chi connectivity index (χ1) is 9.06. The molecule has 0 aliphatic carbocycles. The summed E-state index contributed by atoms with van der Waals surface area (Å²) < 4.78 is 12.1. The Morgan fingerprint density at radius 1 is 1.00 bits per heavy atom. The van der Waals surface area contributed by atoms with Crippen LogP contribution in [-0.2, 0) is 16.6 Å². The molecule has 0 aliphatic heterocycles. The van der Waals surface area contributed by atoms with E-state index in [0.29, 0.717) is 17.0 Å². The Labute approximate surface area is 113 Å². The lowest BCUT2D eigenvalue weighted by molar-refractivity contribution is 0.100. The third-order valence-electron chi connectivity index (χ3n) is 2.68. The fraction of sp³-hybridized carbons (Fsp3) is 0.0714. The number of nitrogen functional groups attached to an aromatic ring is 1. The smallest absolute Gasteiger partial charge is 0.248 e. The summed E-state index contributed by atoms with van der Waals surface area (Å²) in [6.07, 6.45) is 0. The number of primary amides is 1. The third-order valence-corrected chi connectivity index (χ3v) is 4.07. The fourth-order valence-electron chi connectivity index (χ4n) is 1.62. The van der Waals surface area contributed by atoms with Gasteiger partial charge in [-0.25, -0.2) is 0 Å². The van der Waals surface area contributed by atoms with Crippen LogP contribution in [0.4, 0.5) is 5.69 Å². The van der Waals surface area contributed by atoms with Crippen LogP contribution in [0.25, 0.3) is 0 Å². The van der Waals surface area contributed by atoms with Gasteiger partial charge in [0.15, 0.2) is 0 Å². The lowest BCUT2D eigenvalue weighted by Crippen LogP contribution is -2.10. The summed E-state index contributed by atoms with van der Waals surface area (Å²) in [7, 11) is -1.13. The van der Waals surface area contributed by atoms with Crippen LogP contribution in [0, 0.1) is 0 Å². The maximum atomic E-state index is 12.1. The van der Waals surface area contributed by atoms with Crippen LogP contribution in [-0.4, -0.2) is 10.1 Å². The second-order valence-electron chi connectivity index (χ2n) is 4.12. The fourth-order valence-corrected chi connectivity index (χ4v) is 2.72. The van der Waals surface area contributed by atoms with E-state index in [-0.39, 0.29) is 0 Å². The number of hydrogen-bond donors (Lipinski definition) is 2. The number of carbonyl (C=O) groups is 1. The minimum absolute atomic E-state index is 0.392. The Balaban J connectivity index is 2.10. The van der Waals surface area contributed by atoms with E-state index < -0.39 is 16.7 Å². The first-order valence-electron chi connectivity index (χ1n) is 5.69. The molecule has 19 heavy (non-hydrogen) atoms. The topological polar surface area (TPSA) is 86.2 Å². The van der Waals surface area contributed by atoms with E-state index in [1.807, 2.05) is 0 Å². The predicted molar refractivity (Wildman–Crippen MR) is 75.9 cm³/mol. The van der Waals surface area contributed by atoms with Crippen molar-refractivity contribution in [3.8, 4) is 0 Å². The van der Waals surface area contributed by atoms with Crippen LogP contribution in [0.1, 0.15) is 15.9 Å². The highest BCUT2D eigenvalue weighted by molar-refractivity contribution is 7.84. The molecule has 0 fully saturated rings. The average molecular weight is 274 g/mol. The van der Waals surface area contributed by atoms with Gasteiger partial charge in [-0.15, -0.1) is 0 Å². The lowest BCUT2D eigenvalue weighted by atomic mass is 10.1. The van der Waals surface area contributed by atoms with Crippen molar-refractivity contribution in [2.75, 3.05) is 5.73 Å². The quantitative estimate of drug-likeness (QED) is 0.832. The molecule has 0 spiro atoms. The number of rotatable bonds is 4. The van der Waals surface area contributed by atoms with Gasteiger partial charge in [-0.3, -0.25) is 9.00 Å². The number of carbonyl (C=O) groups excluding carboxylic acids is 1. The van der Waals surface area contributed by atoms with Crippen molar-refractivity contribution < 1.29 is 9.00 Å². The summed E-state index contributed by atoms with van der Waals surface area (Å²) >= 11 is 0. The minimum Gasteiger partial charge on any atom is -0.399 e. The van der Waals surface area contributed by atoms with E-state index >= 15 is 0 Å². The molecule has 5 heteroatoms. The summed E-state index contributed by atoms with van der Waals surface area (Å²) in [4.78, 5) is 11.7. The van der Waals surface area contributed by atoms with Crippen LogP contribution >= 0.6 is 0 Å². The van der Waals surface area contributed by atoms with Gasteiger partial charge in [0.25, 0.3) is 0 Å². The van der Waals surface area contributed by atoms with Gasteiger partial charge in [-0.05, 0) is 42.0 Å². The van der Waals surface area contributed by atoms with E-state index in [1.165, 1.54) is 0 Å². The first kappa shape index (κ1) is 13.3. The molecule has 0 saturated carbocycles. The van der Waals surface area contributed by atoms with Crippen molar-refractivity contribution in [1.29, 1.82) is 0 Å². The highest BCUT2D eigenvalue weighted by atomic mass is 32.2. The molecule has 1 unspecified atom stereocenters. The summed E-state index contributed by atoms with van der Waals surface area (Å²) in [5, 5.41) is 0. The second kappa shape index (κ2) is 5.67. The molecule has 0 bridgehead atoms. The molecule has 0 heterocycles. The van der Waals surface area contributed by atoms with Crippen LogP contribution in [0.3, 0.4) is 0 Å². The molecule has 2 rings (SSSR count). The molecule has 1 amide bonds. The molecule has 0 saturated heterocycles. The van der Waals surface area contributed by atoms with Gasteiger partial charge in [0, 0.05) is 16.1 Å². The highest BCUT2D eigenvalue weighted by Gasteiger charge is 2.06. The van der Waals surface area contributed by atoms with Gasteiger partial charge >= 0.3 is 0 Å². The van der Waals surface area contributed by atoms with Crippen LogP contribution < -0.4 is 11.5 Å². The van der Waals surface area contributed by atoms with E-state index in [4.69, 9.17) is 11.5 Å². The summed E-state index contributed by atoms with van der Waals surface area (Å²) in [6, 6.07) is 13.7. The van der Waals surface area contributed by atoms with E-state index in [1.54, 1.807) is 48.5 Å². The van der Waals surface area contributed by atoms with Crippen molar-refractivity contribution in [2.45, 2.75) is 10.6 Å². The first-order valence-corrected chi connectivity index (χ1v) is 7.01. The normalized spacial score (nSPS) is 12.0. The van der Waals surface area contributed by atoms with Crippen molar-refractivity contribution in [3.63, 3.8) is 0 Å². The minimum atomic E-state index is -1.13. The van der Waals surface area contributed by atoms with Crippen LogP contribution in [0.5, 0.6) is 0 Å². The molecule has 4 nitrogen and oxygen atoms in total. The number of hydrogen-bond acceptors (Lipinski definition) is 3.